The number of ketones is 1. The van der Waals surface area contributed by atoms with Crippen molar-refractivity contribution in [1.29, 1.82) is 0 Å². The SMILES string of the molecule is O=C1COc2ccc(C(=O)/C=C/c3cn[nH]c3-c3ccc4c(c3)OCO4)cc2N1. The number of amides is 1. The summed E-state index contributed by atoms with van der Waals surface area (Å²) in [6.07, 6.45) is 4.81. The Morgan fingerprint density at radius 2 is 1.90 bits per heavy atom. The average molecular weight is 389 g/mol. The number of ether oxygens (including phenoxy) is 3. The molecular weight excluding hydrogens is 374 g/mol. The number of hydrogen-bond acceptors (Lipinski definition) is 6. The summed E-state index contributed by atoms with van der Waals surface area (Å²) in [6.45, 7) is 0.179. The van der Waals surface area contributed by atoms with Gasteiger partial charge in [-0.1, -0.05) is 0 Å². The Morgan fingerprint density at radius 3 is 2.83 bits per heavy atom. The molecule has 0 unspecified atom stereocenters. The first-order valence-corrected chi connectivity index (χ1v) is 8.90. The summed E-state index contributed by atoms with van der Waals surface area (Å²) in [7, 11) is 0. The monoisotopic (exact) mass is 389 g/mol. The molecule has 2 aliphatic heterocycles. The van der Waals surface area contributed by atoms with Crippen LogP contribution in [0, 0.1) is 0 Å². The molecular formula is C21H15N3O5. The van der Waals surface area contributed by atoms with Crippen molar-refractivity contribution >= 4 is 23.5 Å². The van der Waals surface area contributed by atoms with Crippen LogP contribution in [0.1, 0.15) is 15.9 Å². The van der Waals surface area contributed by atoms with Gasteiger partial charge in [0.05, 0.1) is 17.6 Å². The van der Waals surface area contributed by atoms with Gasteiger partial charge in [0, 0.05) is 16.7 Å². The molecule has 3 heterocycles. The highest BCUT2D eigenvalue weighted by Crippen LogP contribution is 2.36. The number of benzene rings is 2. The first kappa shape index (κ1) is 17.1. The van der Waals surface area contributed by atoms with E-state index in [0.717, 1.165) is 16.8 Å². The molecule has 1 aromatic heterocycles. The van der Waals surface area contributed by atoms with Crippen molar-refractivity contribution in [2.75, 3.05) is 18.7 Å². The zero-order chi connectivity index (χ0) is 19.8. The van der Waals surface area contributed by atoms with Gasteiger partial charge in [0.2, 0.25) is 6.79 Å². The zero-order valence-electron chi connectivity index (χ0n) is 15.1. The molecule has 2 aromatic carbocycles. The molecule has 2 N–H and O–H groups in total. The summed E-state index contributed by atoms with van der Waals surface area (Å²) in [4.78, 5) is 24.1. The summed E-state index contributed by atoms with van der Waals surface area (Å²) >= 11 is 0. The molecule has 2 aliphatic rings. The molecule has 0 fully saturated rings. The van der Waals surface area contributed by atoms with Gasteiger partial charge in [-0.15, -0.1) is 0 Å². The van der Waals surface area contributed by atoms with Gasteiger partial charge in [0.15, 0.2) is 23.9 Å². The Balaban J connectivity index is 1.39. The van der Waals surface area contributed by atoms with E-state index in [4.69, 9.17) is 14.2 Å². The van der Waals surface area contributed by atoms with Crippen LogP contribution in [0.3, 0.4) is 0 Å². The van der Waals surface area contributed by atoms with Crippen molar-refractivity contribution in [2.45, 2.75) is 0 Å². The fourth-order valence-corrected chi connectivity index (χ4v) is 3.20. The van der Waals surface area contributed by atoms with Crippen LogP contribution in [-0.2, 0) is 4.79 Å². The van der Waals surface area contributed by atoms with Crippen LogP contribution in [0.5, 0.6) is 17.2 Å². The summed E-state index contributed by atoms with van der Waals surface area (Å²) in [6, 6.07) is 10.5. The molecule has 144 valence electrons. The summed E-state index contributed by atoms with van der Waals surface area (Å²) < 4.78 is 16.1. The molecule has 0 saturated heterocycles. The molecule has 0 bridgehead atoms. The number of H-pyrrole nitrogens is 1. The Kier molecular flexibility index (Phi) is 4.02. The standard InChI is InChI=1S/C21H15N3O5/c25-16(12-2-5-17-15(7-12)23-20(26)10-27-17)4-1-14-9-22-24-21(14)13-3-6-18-19(8-13)29-11-28-18/h1-9H,10-11H2,(H,22,24)(H,23,26)/b4-1+. The van der Waals surface area contributed by atoms with E-state index in [2.05, 4.69) is 15.5 Å². The van der Waals surface area contributed by atoms with E-state index in [-0.39, 0.29) is 25.1 Å². The number of anilines is 1. The molecule has 0 atom stereocenters. The lowest BCUT2D eigenvalue weighted by Gasteiger charge is -2.17. The minimum atomic E-state index is -0.246. The minimum Gasteiger partial charge on any atom is -0.482 e. The van der Waals surface area contributed by atoms with Crippen molar-refractivity contribution in [1.82, 2.24) is 10.2 Å². The highest BCUT2D eigenvalue weighted by Gasteiger charge is 2.18. The van der Waals surface area contributed by atoms with Gasteiger partial charge in [-0.2, -0.15) is 5.10 Å². The van der Waals surface area contributed by atoms with Gasteiger partial charge in [0.1, 0.15) is 5.75 Å². The first-order chi connectivity index (χ1) is 14.2. The fraction of sp³-hybridized carbons (Fsp3) is 0.0952. The number of hydrogen-bond donors (Lipinski definition) is 2. The molecule has 8 heteroatoms. The van der Waals surface area contributed by atoms with Crippen LogP contribution in [-0.4, -0.2) is 35.3 Å². The van der Waals surface area contributed by atoms with Crippen molar-refractivity contribution in [3.63, 3.8) is 0 Å². The van der Waals surface area contributed by atoms with E-state index in [1.165, 1.54) is 6.08 Å². The van der Waals surface area contributed by atoms with Gasteiger partial charge >= 0.3 is 0 Å². The average Bonchev–Trinajstić information content (AvgIpc) is 3.39. The van der Waals surface area contributed by atoms with Crippen LogP contribution in [0.4, 0.5) is 5.69 Å². The van der Waals surface area contributed by atoms with Gasteiger partial charge in [0.25, 0.3) is 5.91 Å². The number of aromatic nitrogens is 2. The van der Waals surface area contributed by atoms with Crippen LogP contribution in [0.25, 0.3) is 17.3 Å². The predicted molar refractivity (Wildman–Crippen MR) is 104 cm³/mol. The van der Waals surface area contributed by atoms with Crippen molar-refractivity contribution in [3.05, 3.63) is 59.8 Å². The molecule has 1 amide bonds. The number of allylic oxidation sites excluding steroid dienone is 1. The smallest absolute Gasteiger partial charge is 0.262 e. The van der Waals surface area contributed by atoms with Crippen molar-refractivity contribution in [2.24, 2.45) is 0 Å². The second-order valence-corrected chi connectivity index (χ2v) is 6.51. The number of nitrogens with one attached hydrogen (secondary N) is 2. The second-order valence-electron chi connectivity index (χ2n) is 6.51. The number of rotatable bonds is 4. The maximum Gasteiger partial charge on any atom is 0.262 e. The maximum atomic E-state index is 12.6. The number of carbonyl (C=O) groups excluding carboxylic acids is 2. The number of carbonyl (C=O) groups is 2. The third-order valence-electron chi connectivity index (χ3n) is 4.64. The third-order valence-corrected chi connectivity index (χ3v) is 4.64. The molecule has 8 nitrogen and oxygen atoms in total. The molecule has 29 heavy (non-hydrogen) atoms. The van der Waals surface area contributed by atoms with Crippen molar-refractivity contribution in [3.8, 4) is 28.5 Å². The molecule has 0 radical (unpaired) electrons. The molecule has 0 spiro atoms. The van der Waals surface area contributed by atoms with E-state index in [1.807, 2.05) is 18.2 Å². The lowest BCUT2D eigenvalue weighted by atomic mass is 10.0. The summed E-state index contributed by atoms with van der Waals surface area (Å²) in [5, 5.41) is 9.73. The molecule has 0 saturated carbocycles. The van der Waals surface area contributed by atoms with Crippen LogP contribution in [0.2, 0.25) is 0 Å². The van der Waals surface area contributed by atoms with Gasteiger partial charge in [-0.3, -0.25) is 14.7 Å². The quantitative estimate of drug-likeness (QED) is 0.525. The third kappa shape index (κ3) is 3.20. The summed E-state index contributed by atoms with van der Waals surface area (Å²) in [5.41, 5.74) is 3.32. The Bertz CT molecular complexity index is 1160. The van der Waals surface area contributed by atoms with Gasteiger partial charge in [-0.05, 0) is 48.6 Å². The van der Waals surface area contributed by atoms with E-state index in [9.17, 15) is 9.59 Å². The second kappa shape index (κ2) is 6.83. The first-order valence-electron chi connectivity index (χ1n) is 8.90. The number of aromatic amines is 1. The molecule has 0 aliphatic carbocycles. The Hall–Kier alpha value is -4.07. The Morgan fingerprint density at radius 1 is 1.03 bits per heavy atom. The fourth-order valence-electron chi connectivity index (χ4n) is 3.20. The zero-order valence-corrected chi connectivity index (χ0v) is 15.1. The minimum absolute atomic E-state index is 0.0245. The predicted octanol–water partition coefficient (Wildman–Crippen LogP) is 3.03. The largest absolute Gasteiger partial charge is 0.482 e. The normalized spacial score (nSPS) is 14.4. The number of fused-ring (bicyclic) bond motifs is 2. The van der Waals surface area contributed by atoms with Crippen LogP contribution in [0.15, 0.2) is 48.7 Å². The van der Waals surface area contributed by atoms with Crippen LogP contribution < -0.4 is 19.5 Å². The highest BCUT2D eigenvalue weighted by atomic mass is 16.7. The highest BCUT2D eigenvalue weighted by molar-refractivity contribution is 6.08. The van der Waals surface area contributed by atoms with Crippen LogP contribution >= 0.6 is 0 Å². The molecule has 3 aromatic rings. The topological polar surface area (TPSA) is 103 Å². The van der Waals surface area contributed by atoms with E-state index >= 15 is 0 Å². The van der Waals surface area contributed by atoms with Crippen molar-refractivity contribution < 1.29 is 23.8 Å². The van der Waals surface area contributed by atoms with E-state index < -0.39 is 0 Å². The van der Waals surface area contributed by atoms with E-state index in [1.54, 1.807) is 30.5 Å². The lowest BCUT2D eigenvalue weighted by Crippen LogP contribution is -2.25. The molecule has 5 rings (SSSR count). The summed E-state index contributed by atoms with van der Waals surface area (Å²) in [5.74, 6) is 1.46. The van der Waals surface area contributed by atoms with Gasteiger partial charge < -0.3 is 19.5 Å². The number of nitrogens with zero attached hydrogens (tertiary/aromatic N) is 1. The van der Waals surface area contributed by atoms with E-state index in [0.29, 0.717) is 28.5 Å². The Labute approximate surface area is 165 Å². The maximum absolute atomic E-state index is 12.6. The lowest BCUT2D eigenvalue weighted by molar-refractivity contribution is -0.118. The van der Waals surface area contributed by atoms with Gasteiger partial charge in [-0.25, -0.2) is 0 Å².